The molecule has 0 saturated carbocycles. The van der Waals surface area contributed by atoms with Crippen molar-refractivity contribution in [1.29, 1.82) is 0 Å². The number of rotatable bonds is 2. The molecule has 0 saturated heterocycles. The van der Waals surface area contributed by atoms with Gasteiger partial charge >= 0.3 is 0 Å². The molecule has 1 aliphatic heterocycles. The van der Waals surface area contributed by atoms with Crippen LogP contribution in [0.3, 0.4) is 0 Å². The molecule has 0 fully saturated rings. The number of benzene rings is 1. The van der Waals surface area contributed by atoms with Crippen molar-refractivity contribution in [2.45, 2.75) is 31.1 Å². The van der Waals surface area contributed by atoms with Gasteiger partial charge in [0.05, 0.1) is 5.25 Å². The fourth-order valence-corrected chi connectivity index (χ4v) is 2.54. The quantitative estimate of drug-likeness (QED) is 0.802. The SMILES string of the molecule is CC1(C)OC(N)=NSC1Cc1ccccc1. The smallest absolute Gasteiger partial charge is 0.294 e. The molecule has 0 bridgehead atoms. The summed E-state index contributed by atoms with van der Waals surface area (Å²) in [6, 6.07) is 10.6. The summed E-state index contributed by atoms with van der Waals surface area (Å²) in [6.07, 6.45) is 0.940. The lowest BCUT2D eigenvalue weighted by molar-refractivity contribution is 0.0869. The van der Waals surface area contributed by atoms with Gasteiger partial charge in [0.2, 0.25) is 0 Å². The van der Waals surface area contributed by atoms with Crippen molar-refractivity contribution in [2.75, 3.05) is 0 Å². The number of amidine groups is 1. The van der Waals surface area contributed by atoms with E-state index in [-0.39, 0.29) is 11.6 Å². The molecule has 2 rings (SSSR count). The van der Waals surface area contributed by atoms with Crippen molar-refractivity contribution in [2.24, 2.45) is 10.1 Å². The summed E-state index contributed by atoms with van der Waals surface area (Å²) in [5, 5.41) is 0.294. The molecule has 1 aliphatic rings. The zero-order chi connectivity index (χ0) is 11.6. The van der Waals surface area contributed by atoms with Crippen LogP contribution in [0.15, 0.2) is 34.7 Å². The zero-order valence-electron chi connectivity index (χ0n) is 9.51. The normalized spacial score (nSPS) is 23.4. The lowest BCUT2D eigenvalue weighted by Crippen LogP contribution is -2.44. The third-order valence-corrected chi connectivity index (χ3v) is 3.95. The van der Waals surface area contributed by atoms with E-state index < -0.39 is 0 Å². The maximum atomic E-state index is 5.57. The first-order chi connectivity index (χ1) is 7.58. The standard InChI is InChI=1S/C12H16N2OS/c1-12(2)10(16-14-11(13)15-12)8-9-6-4-3-5-7-9/h3-7,10H,8H2,1-2H3,(H2,13,14). The van der Waals surface area contributed by atoms with Gasteiger partial charge in [-0.3, -0.25) is 0 Å². The topological polar surface area (TPSA) is 47.6 Å². The Balaban J connectivity index is 2.11. The van der Waals surface area contributed by atoms with Crippen molar-refractivity contribution in [3.8, 4) is 0 Å². The van der Waals surface area contributed by atoms with Crippen LogP contribution < -0.4 is 5.73 Å². The molecule has 86 valence electrons. The van der Waals surface area contributed by atoms with Crippen LogP contribution in [0.4, 0.5) is 0 Å². The second-order valence-corrected chi connectivity index (χ2v) is 5.38. The van der Waals surface area contributed by atoms with Gasteiger partial charge in [-0.05, 0) is 37.8 Å². The maximum absolute atomic E-state index is 5.57. The van der Waals surface area contributed by atoms with Crippen molar-refractivity contribution in [3.63, 3.8) is 0 Å². The first-order valence-electron chi connectivity index (χ1n) is 5.30. The van der Waals surface area contributed by atoms with Gasteiger partial charge < -0.3 is 10.5 Å². The molecule has 0 radical (unpaired) electrons. The number of nitrogens with zero attached hydrogens (tertiary/aromatic N) is 1. The predicted octanol–water partition coefficient (Wildman–Crippen LogP) is 2.37. The molecular formula is C12H16N2OS. The van der Waals surface area contributed by atoms with Crippen LogP contribution in [0.2, 0.25) is 0 Å². The van der Waals surface area contributed by atoms with Gasteiger partial charge in [0.25, 0.3) is 6.02 Å². The van der Waals surface area contributed by atoms with Crippen LogP contribution in [0.1, 0.15) is 19.4 Å². The monoisotopic (exact) mass is 236 g/mol. The fourth-order valence-electron chi connectivity index (χ4n) is 1.71. The average Bonchev–Trinajstić information content (AvgIpc) is 2.23. The van der Waals surface area contributed by atoms with Crippen molar-refractivity contribution in [1.82, 2.24) is 0 Å². The number of nitrogens with two attached hydrogens (primary N) is 1. The first-order valence-corrected chi connectivity index (χ1v) is 6.14. The minimum absolute atomic E-state index is 0.271. The highest BCUT2D eigenvalue weighted by atomic mass is 32.2. The van der Waals surface area contributed by atoms with Crippen LogP contribution >= 0.6 is 11.9 Å². The number of ether oxygens (including phenoxy) is 1. The largest absolute Gasteiger partial charge is 0.458 e. The van der Waals surface area contributed by atoms with Gasteiger partial charge in [-0.2, -0.15) is 4.40 Å². The molecule has 0 aliphatic carbocycles. The van der Waals surface area contributed by atoms with E-state index in [1.165, 1.54) is 17.5 Å². The molecule has 0 spiro atoms. The lowest BCUT2D eigenvalue weighted by atomic mass is 9.98. The van der Waals surface area contributed by atoms with E-state index in [2.05, 4.69) is 30.4 Å². The Labute approximate surface area is 100 Å². The molecule has 3 nitrogen and oxygen atoms in total. The molecule has 4 heteroatoms. The highest BCUT2D eigenvalue weighted by molar-refractivity contribution is 7.98. The molecule has 1 unspecified atom stereocenters. The van der Waals surface area contributed by atoms with E-state index in [0.29, 0.717) is 5.25 Å². The third-order valence-electron chi connectivity index (χ3n) is 2.68. The Hall–Kier alpha value is -1.16. The number of hydrogen-bond acceptors (Lipinski definition) is 4. The van der Waals surface area contributed by atoms with Crippen LogP contribution in [0.5, 0.6) is 0 Å². The van der Waals surface area contributed by atoms with Crippen LogP contribution in [0.25, 0.3) is 0 Å². The van der Waals surface area contributed by atoms with Gasteiger partial charge in [0.15, 0.2) is 0 Å². The average molecular weight is 236 g/mol. The van der Waals surface area contributed by atoms with Crippen molar-refractivity contribution in [3.05, 3.63) is 35.9 Å². The van der Waals surface area contributed by atoms with Crippen LogP contribution in [0, 0.1) is 0 Å². The van der Waals surface area contributed by atoms with Gasteiger partial charge in [0.1, 0.15) is 5.60 Å². The fraction of sp³-hybridized carbons (Fsp3) is 0.417. The minimum atomic E-state index is -0.271. The maximum Gasteiger partial charge on any atom is 0.294 e. The third kappa shape index (κ3) is 2.50. The molecule has 2 N–H and O–H groups in total. The second kappa shape index (κ2) is 4.37. The molecule has 1 heterocycles. The molecule has 1 aromatic rings. The lowest BCUT2D eigenvalue weighted by Gasteiger charge is -2.35. The summed E-state index contributed by atoms with van der Waals surface area (Å²) in [5.74, 6) is 0. The zero-order valence-corrected chi connectivity index (χ0v) is 10.3. The Morgan fingerprint density at radius 2 is 2.06 bits per heavy atom. The predicted molar refractivity (Wildman–Crippen MR) is 68.3 cm³/mol. The van der Waals surface area contributed by atoms with E-state index in [1.807, 2.05) is 18.2 Å². The van der Waals surface area contributed by atoms with Gasteiger partial charge in [-0.25, -0.2) is 0 Å². The summed E-state index contributed by atoms with van der Waals surface area (Å²) in [4.78, 5) is 0. The van der Waals surface area contributed by atoms with Gasteiger partial charge in [-0.15, -0.1) is 0 Å². The molecule has 0 amide bonds. The summed E-state index contributed by atoms with van der Waals surface area (Å²) in [7, 11) is 0. The Bertz CT molecular complexity index is 389. The summed E-state index contributed by atoms with van der Waals surface area (Å²) in [5.41, 5.74) is 6.60. The number of hydrogen-bond donors (Lipinski definition) is 1. The van der Waals surface area contributed by atoms with Crippen LogP contribution in [-0.4, -0.2) is 16.9 Å². The van der Waals surface area contributed by atoms with Crippen molar-refractivity contribution < 1.29 is 4.74 Å². The molecule has 1 atom stereocenters. The molecule has 16 heavy (non-hydrogen) atoms. The Morgan fingerprint density at radius 3 is 2.69 bits per heavy atom. The van der Waals surface area contributed by atoms with E-state index in [1.54, 1.807) is 0 Å². The first kappa shape index (κ1) is 11.3. The van der Waals surface area contributed by atoms with E-state index >= 15 is 0 Å². The van der Waals surface area contributed by atoms with Gasteiger partial charge in [0, 0.05) is 0 Å². The van der Waals surface area contributed by atoms with Gasteiger partial charge in [-0.1, -0.05) is 30.3 Å². The highest BCUT2D eigenvalue weighted by Gasteiger charge is 2.36. The Kier molecular flexibility index (Phi) is 3.10. The molecule has 0 aromatic heterocycles. The summed E-state index contributed by atoms with van der Waals surface area (Å²) < 4.78 is 9.66. The summed E-state index contributed by atoms with van der Waals surface area (Å²) >= 11 is 1.51. The van der Waals surface area contributed by atoms with E-state index in [9.17, 15) is 0 Å². The second-order valence-electron chi connectivity index (χ2n) is 4.42. The summed E-state index contributed by atoms with van der Waals surface area (Å²) in [6.45, 7) is 4.10. The van der Waals surface area contributed by atoms with Crippen molar-refractivity contribution >= 4 is 18.0 Å². The minimum Gasteiger partial charge on any atom is -0.458 e. The van der Waals surface area contributed by atoms with Crippen LogP contribution in [-0.2, 0) is 11.2 Å². The highest BCUT2D eigenvalue weighted by Crippen LogP contribution is 2.33. The molecule has 1 aromatic carbocycles. The van der Waals surface area contributed by atoms with E-state index in [4.69, 9.17) is 10.5 Å². The van der Waals surface area contributed by atoms with E-state index in [0.717, 1.165) is 6.42 Å². The Morgan fingerprint density at radius 1 is 1.38 bits per heavy atom. The molecular weight excluding hydrogens is 220 g/mol.